The molecular weight excluding hydrogens is 252 g/mol. The third-order valence-corrected chi connectivity index (χ3v) is 4.26. The number of rotatable bonds is 4. The third-order valence-electron chi connectivity index (χ3n) is 2.46. The molecule has 0 saturated heterocycles. The average Bonchev–Trinajstić information content (AvgIpc) is 2.90. The van der Waals surface area contributed by atoms with Crippen LogP contribution < -0.4 is 11.1 Å². The first-order valence-electron chi connectivity index (χ1n) is 5.32. The lowest BCUT2D eigenvalue weighted by Crippen LogP contribution is -2.24. The fourth-order valence-electron chi connectivity index (χ4n) is 1.45. The molecule has 0 aliphatic rings. The van der Waals surface area contributed by atoms with Gasteiger partial charge in [-0.1, -0.05) is 0 Å². The number of nitrogen functional groups attached to an aromatic ring is 1. The molecule has 0 fully saturated rings. The van der Waals surface area contributed by atoms with Gasteiger partial charge in [0.2, 0.25) is 0 Å². The summed E-state index contributed by atoms with van der Waals surface area (Å²) in [7, 11) is 0. The number of thiophene rings is 2. The first kappa shape index (κ1) is 12.1. The van der Waals surface area contributed by atoms with Crippen LogP contribution in [0.4, 0.5) is 5.69 Å². The normalized spacial score (nSPS) is 10.4. The predicted octanol–water partition coefficient (Wildman–Crippen LogP) is 2.67. The quantitative estimate of drug-likeness (QED) is 0.894. The number of carbonyl (C=O) groups is 1. The Bertz CT molecular complexity index is 483. The highest BCUT2D eigenvalue weighted by Crippen LogP contribution is 2.23. The molecule has 90 valence electrons. The van der Waals surface area contributed by atoms with Crippen LogP contribution in [0.1, 0.15) is 20.1 Å². The minimum atomic E-state index is -0.0370. The monoisotopic (exact) mass is 266 g/mol. The summed E-state index contributed by atoms with van der Waals surface area (Å²) in [6.07, 6.45) is 0.870. The summed E-state index contributed by atoms with van der Waals surface area (Å²) in [6, 6.07) is 3.81. The Morgan fingerprint density at radius 1 is 1.53 bits per heavy atom. The minimum Gasteiger partial charge on any atom is -0.398 e. The lowest BCUT2D eigenvalue weighted by Gasteiger charge is -2.01. The van der Waals surface area contributed by atoms with E-state index in [-0.39, 0.29) is 5.91 Å². The van der Waals surface area contributed by atoms with Gasteiger partial charge in [0, 0.05) is 17.1 Å². The van der Waals surface area contributed by atoms with E-state index in [9.17, 15) is 4.79 Å². The van der Waals surface area contributed by atoms with Gasteiger partial charge in [-0.15, -0.1) is 11.3 Å². The highest BCUT2D eigenvalue weighted by molar-refractivity contribution is 7.14. The van der Waals surface area contributed by atoms with Gasteiger partial charge in [0.15, 0.2) is 0 Å². The van der Waals surface area contributed by atoms with Crippen LogP contribution in [-0.4, -0.2) is 12.5 Å². The predicted molar refractivity (Wildman–Crippen MR) is 73.8 cm³/mol. The van der Waals surface area contributed by atoms with Crippen LogP contribution in [0.3, 0.4) is 0 Å². The summed E-state index contributed by atoms with van der Waals surface area (Å²) in [5.41, 5.74) is 7.67. The van der Waals surface area contributed by atoms with E-state index in [1.807, 2.05) is 12.3 Å². The van der Waals surface area contributed by atoms with Gasteiger partial charge in [-0.2, -0.15) is 11.3 Å². The molecule has 2 rings (SSSR count). The largest absolute Gasteiger partial charge is 0.398 e. The Morgan fingerprint density at radius 2 is 2.35 bits per heavy atom. The van der Waals surface area contributed by atoms with Crippen molar-refractivity contribution in [3.05, 3.63) is 38.2 Å². The van der Waals surface area contributed by atoms with Crippen molar-refractivity contribution in [1.82, 2.24) is 5.32 Å². The molecular formula is C12H14N2OS2. The van der Waals surface area contributed by atoms with Crippen molar-refractivity contribution >= 4 is 34.3 Å². The van der Waals surface area contributed by atoms with Gasteiger partial charge >= 0.3 is 0 Å². The Kier molecular flexibility index (Phi) is 3.81. The third kappa shape index (κ3) is 3.08. The molecule has 0 aliphatic heterocycles. The smallest absolute Gasteiger partial charge is 0.261 e. The maximum atomic E-state index is 11.8. The zero-order valence-electron chi connectivity index (χ0n) is 9.53. The van der Waals surface area contributed by atoms with Gasteiger partial charge in [0.25, 0.3) is 5.91 Å². The van der Waals surface area contributed by atoms with Gasteiger partial charge in [-0.3, -0.25) is 4.79 Å². The topological polar surface area (TPSA) is 55.1 Å². The highest BCUT2D eigenvalue weighted by Gasteiger charge is 2.10. The number of hydrogen-bond acceptors (Lipinski definition) is 4. The van der Waals surface area contributed by atoms with Crippen LogP contribution in [0.15, 0.2) is 22.9 Å². The van der Waals surface area contributed by atoms with E-state index >= 15 is 0 Å². The number of nitrogens with two attached hydrogens (primary N) is 1. The SMILES string of the molecule is Cc1sc(C(=O)NCCc2ccsc2)cc1N. The number of aryl methyl sites for hydroxylation is 1. The molecule has 2 heterocycles. The molecule has 0 bridgehead atoms. The molecule has 2 aromatic heterocycles. The van der Waals surface area contributed by atoms with Crippen LogP contribution in [0.5, 0.6) is 0 Å². The molecule has 0 radical (unpaired) electrons. The van der Waals surface area contributed by atoms with Gasteiger partial charge in [0.1, 0.15) is 0 Å². The standard InChI is InChI=1S/C12H14N2OS2/c1-8-10(13)6-11(17-8)12(15)14-4-2-9-3-5-16-7-9/h3,5-7H,2,4,13H2,1H3,(H,14,15). The number of nitrogens with one attached hydrogen (secondary N) is 1. The van der Waals surface area contributed by atoms with Crippen LogP contribution >= 0.6 is 22.7 Å². The van der Waals surface area contributed by atoms with E-state index < -0.39 is 0 Å². The maximum Gasteiger partial charge on any atom is 0.261 e. The molecule has 1 amide bonds. The summed E-state index contributed by atoms with van der Waals surface area (Å²) in [5.74, 6) is -0.0370. The summed E-state index contributed by atoms with van der Waals surface area (Å²) in [6.45, 7) is 2.58. The summed E-state index contributed by atoms with van der Waals surface area (Å²) in [4.78, 5) is 13.5. The van der Waals surface area contributed by atoms with Crippen LogP contribution in [-0.2, 0) is 6.42 Å². The minimum absolute atomic E-state index is 0.0370. The van der Waals surface area contributed by atoms with Gasteiger partial charge < -0.3 is 11.1 Å². The van der Waals surface area contributed by atoms with Gasteiger partial charge in [-0.25, -0.2) is 0 Å². The van der Waals surface area contributed by atoms with E-state index in [1.165, 1.54) is 16.9 Å². The summed E-state index contributed by atoms with van der Waals surface area (Å²) < 4.78 is 0. The number of carbonyl (C=O) groups excluding carboxylic acids is 1. The zero-order chi connectivity index (χ0) is 12.3. The molecule has 0 saturated carbocycles. The van der Waals surface area contributed by atoms with E-state index in [4.69, 9.17) is 5.73 Å². The number of amides is 1. The van der Waals surface area contributed by atoms with Crippen molar-refractivity contribution in [2.75, 3.05) is 12.3 Å². The molecule has 3 nitrogen and oxygen atoms in total. The van der Waals surface area contributed by atoms with Crippen LogP contribution in [0, 0.1) is 6.92 Å². The molecule has 3 N–H and O–H groups in total. The molecule has 0 aliphatic carbocycles. The Labute approximate surface area is 108 Å². The van der Waals surface area contributed by atoms with Gasteiger partial charge in [-0.05, 0) is 41.8 Å². The second-order valence-corrected chi connectivity index (χ2v) is 5.80. The molecule has 0 spiro atoms. The Balaban J connectivity index is 1.85. The van der Waals surface area contributed by atoms with E-state index in [1.54, 1.807) is 17.4 Å². The van der Waals surface area contributed by atoms with Gasteiger partial charge in [0.05, 0.1) is 4.88 Å². The van der Waals surface area contributed by atoms with Crippen molar-refractivity contribution < 1.29 is 4.79 Å². The fraction of sp³-hybridized carbons (Fsp3) is 0.250. The zero-order valence-corrected chi connectivity index (χ0v) is 11.2. The van der Waals surface area contributed by atoms with Crippen LogP contribution in [0.2, 0.25) is 0 Å². The first-order chi connectivity index (χ1) is 8.16. The molecule has 5 heteroatoms. The summed E-state index contributed by atoms with van der Waals surface area (Å²) in [5, 5.41) is 7.04. The average molecular weight is 266 g/mol. The van der Waals surface area contributed by atoms with Crippen molar-refractivity contribution in [1.29, 1.82) is 0 Å². The lowest BCUT2D eigenvalue weighted by molar-refractivity contribution is 0.0958. The molecule has 0 atom stereocenters. The molecule has 0 unspecified atom stereocenters. The molecule has 0 aromatic carbocycles. The second kappa shape index (κ2) is 5.33. The van der Waals surface area contributed by atoms with Crippen molar-refractivity contribution in [3.8, 4) is 0 Å². The van der Waals surface area contributed by atoms with E-state index in [2.05, 4.69) is 16.8 Å². The Hall–Kier alpha value is -1.33. The summed E-state index contributed by atoms with van der Waals surface area (Å²) >= 11 is 3.11. The fourth-order valence-corrected chi connectivity index (χ4v) is 3.01. The Morgan fingerprint density at radius 3 is 2.94 bits per heavy atom. The van der Waals surface area contributed by atoms with Crippen molar-refractivity contribution in [2.45, 2.75) is 13.3 Å². The van der Waals surface area contributed by atoms with Crippen molar-refractivity contribution in [3.63, 3.8) is 0 Å². The number of anilines is 1. The van der Waals surface area contributed by atoms with E-state index in [0.717, 1.165) is 11.3 Å². The van der Waals surface area contributed by atoms with Crippen molar-refractivity contribution in [2.24, 2.45) is 0 Å². The lowest BCUT2D eigenvalue weighted by atomic mass is 10.2. The first-order valence-corrected chi connectivity index (χ1v) is 7.08. The highest BCUT2D eigenvalue weighted by atomic mass is 32.1. The molecule has 17 heavy (non-hydrogen) atoms. The molecule has 2 aromatic rings. The number of hydrogen-bond donors (Lipinski definition) is 2. The second-order valence-electron chi connectivity index (χ2n) is 3.76. The van der Waals surface area contributed by atoms with E-state index in [0.29, 0.717) is 17.1 Å². The maximum absolute atomic E-state index is 11.8. The van der Waals surface area contributed by atoms with Crippen LogP contribution in [0.25, 0.3) is 0 Å².